The van der Waals surface area contributed by atoms with Gasteiger partial charge in [-0.05, 0) is 18.3 Å². The molecule has 1 unspecified atom stereocenters. The third kappa shape index (κ3) is 1.57. The highest BCUT2D eigenvalue weighted by Gasteiger charge is 2.47. The second-order valence-electron chi connectivity index (χ2n) is 5.13. The Morgan fingerprint density at radius 1 is 1.36 bits per heavy atom. The molecule has 0 aromatic rings. The van der Waals surface area contributed by atoms with E-state index in [1.165, 1.54) is 0 Å². The Kier molecular flexibility index (Phi) is 2.18. The van der Waals surface area contributed by atoms with Crippen molar-refractivity contribution in [3.63, 3.8) is 0 Å². The number of nitrogens with two attached hydrogens (primary N) is 1. The summed E-state index contributed by atoms with van der Waals surface area (Å²) in [6.45, 7) is 5.12. The summed E-state index contributed by atoms with van der Waals surface area (Å²) in [5, 5.41) is -0.108. The van der Waals surface area contributed by atoms with E-state index >= 15 is 0 Å². The van der Waals surface area contributed by atoms with Crippen LogP contribution < -0.4 is 5.73 Å². The first-order valence-corrected chi connectivity index (χ1v) is 6.59. The largest absolute Gasteiger partial charge is 0.326 e. The van der Waals surface area contributed by atoms with E-state index in [1.54, 1.807) is 4.31 Å². The van der Waals surface area contributed by atoms with Crippen LogP contribution in [0.2, 0.25) is 0 Å². The van der Waals surface area contributed by atoms with E-state index in [4.69, 9.17) is 5.73 Å². The molecule has 0 aromatic heterocycles. The van der Waals surface area contributed by atoms with Gasteiger partial charge >= 0.3 is 0 Å². The lowest BCUT2D eigenvalue weighted by Gasteiger charge is -2.21. The van der Waals surface area contributed by atoms with Crippen LogP contribution in [0.25, 0.3) is 0 Å². The summed E-state index contributed by atoms with van der Waals surface area (Å²) in [7, 11) is -3.02. The van der Waals surface area contributed by atoms with Gasteiger partial charge in [0.25, 0.3) is 0 Å². The maximum absolute atomic E-state index is 11.9. The summed E-state index contributed by atoms with van der Waals surface area (Å²) in [6.07, 6.45) is 1.66. The molecule has 0 bridgehead atoms. The second kappa shape index (κ2) is 2.93. The monoisotopic (exact) mass is 218 g/mol. The molecular weight excluding hydrogens is 200 g/mol. The van der Waals surface area contributed by atoms with E-state index in [1.807, 2.05) is 13.8 Å². The van der Waals surface area contributed by atoms with Crippen molar-refractivity contribution in [1.29, 1.82) is 0 Å². The van der Waals surface area contributed by atoms with Gasteiger partial charge in [0.1, 0.15) is 0 Å². The molecular formula is C9H18N2O2S. The molecule has 2 rings (SSSR count). The molecule has 0 amide bonds. The normalized spacial score (nSPS) is 33.5. The van der Waals surface area contributed by atoms with Crippen LogP contribution in [-0.4, -0.2) is 37.1 Å². The fourth-order valence-corrected chi connectivity index (χ4v) is 3.91. The van der Waals surface area contributed by atoms with Crippen molar-refractivity contribution in [1.82, 2.24) is 4.31 Å². The van der Waals surface area contributed by atoms with Gasteiger partial charge in [0.2, 0.25) is 10.0 Å². The van der Waals surface area contributed by atoms with Gasteiger partial charge in [-0.1, -0.05) is 13.8 Å². The SMILES string of the molecule is CC1(C)CN(S(=O)(=O)C2CC2)CC1N. The summed E-state index contributed by atoms with van der Waals surface area (Å²) in [5.41, 5.74) is 5.83. The first kappa shape index (κ1) is 10.4. The molecule has 82 valence electrons. The van der Waals surface area contributed by atoms with Gasteiger partial charge < -0.3 is 5.73 Å². The quantitative estimate of drug-likeness (QED) is 0.717. The van der Waals surface area contributed by atoms with Crippen molar-refractivity contribution in [2.45, 2.75) is 38.0 Å². The van der Waals surface area contributed by atoms with Crippen LogP contribution in [0.15, 0.2) is 0 Å². The molecule has 4 nitrogen and oxygen atoms in total. The van der Waals surface area contributed by atoms with Crippen molar-refractivity contribution >= 4 is 10.0 Å². The Morgan fingerprint density at radius 2 is 1.93 bits per heavy atom. The molecule has 2 N–H and O–H groups in total. The summed E-state index contributed by atoms with van der Waals surface area (Å²) < 4.78 is 25.4. The Bertz CT molecular complexity index is 333. The lowest BCUT2D eigenvalue weighted by molar-refractivity contribution is 0.347. The third-order valence-electron chi connectivity index (χ3n) is 3.29. The zero-order valence-corrected chi connectivity index (χ0v) is 9.55. The summed E-state index contributed by atoms with van der Waals surface area (Å²) >= 11 is 0. The van der Waals surface area contributed by atoms with Gasteiger partial charge in [0.15, 0.2) is 0 Å². The second-order valence-corrected chi connectivity index (χ2v) is 7.34. The van der Waals surface area contributed by atoms with Crippen LogP contribution in [-0.2, 0) is 10.0 Å². The van der Waals surface area contributed by atoms with Crippen LogP contribution >= 0.6 is 0 Å². The van der Waals surface area contributed by atoms with Gasteiger partial charge in [-0.2, -0.15) is 4.31 Å². The fraction of sp³-hybridized carbons (Fsp3) is 1.00. The zero-order valence-electron chi connectivity index (χ0n) is 8.73. The smallest absolute Gasteiger partial charge is 0.217 e. The first-order chi connectivity index (χ1) is 6.34. The first-order valence-electron chi connectivity index (χ1n) is 5.08. The maximum Gasteiger partial charge on any atom is 0.217 e. The lowest BCUT2D eigenvalue weighted by atomic mass is 9.89. The van der Waals surface area contributed by atoms with E-state index in [0.29, 0.717) is 13.1 Å². The van der Waals surface area contributed by atoms with Crippen LogP contribution in [0.4, 0.5) is 0 Å². The Balaban J connectivity index is 2.15. The third-order valence-corrected chi connectivity index (χ3v) is 5.61. The highest BCUT2D eigenvalue weighted by molar-refractivity contribution is 7.90. The highest BCUT2D eigenvalue weighted by Crippen LogP contribution is 2.36. The summed E-state index contributed by atoms with van der Waals surface area (Å²) in [6, 6.07) is -0.0315. The van der Waals surface area contributed by atoms with E-state index in [0.717, 1.165) is 12.8 Å². The minimum absolute atomic E-state index is 0.0315. The minimum Gasteiger partial charge on any atom is -0.326 e. The predicted molar refractivity (Wildman–Crippen MR) is 55.3 cm³/mol. The zero-order chi connectivity index (χ0) is 10.6. The summed E-state index contributed by atoms with van der Waals surface area (Å²) in [5.74, 6) is 0. The predicted octanol–water partition coefficient (Wildman–Crippen LogP) is 0.148. The summed E-state index contributed by atoms with van der Waals surface area (Å²) in [4.78, 5) is 0. The molecule has 1 atom stereocenters. The van der Waals surface area contributed by atoms with Crippen LogP contribution in [0.1, 0.15) is 26.7 Å². The van der Waals surface area contributed by atoms with Gasteiger partial charge in [0.05, 0.1) is 5.25 Å². The molecule has 2 fully saturated rings. The van der Waals surface area contributed by atoms with Crippen LogP contribution in [0, 0.1) is 5.41 Å². The van der Waals surface area contributed by atoms with Gasteiger partial charge in [-0.25, -0.2) is 8.42 Å². The van der Waals surface area contributed by atoms with Crippen molar-refractivity contribution in [3.05, 3.63) is 0 Å². The Morgan fingerprint density at radius 3 is 2.29 bits per heavy atom. The maximum atomic E-state index is 11.9. The average molecular weight is 218 g/mol. The molecule has 0 aromatic carbocycles. The highest BCUT2D eigenvalue weighted by atomic mass is 32.2. The van der Waals surface area contributed by atoms with E-state index in [9.17, 15) is 8.42 Å². The molecule has 2 aliphatic rings. The van der Waals surface area contributed by atoms with Crippen molar-refractivity contribution in [2.75, 3.05) is 13.1 Å². The molecule has 1 aliphatic carbocycles. The Labute approximate surface area is 85.5 Å². The Hall–Kier alpha value is -0.130. The van der Waals surface area contributed by atoms with Crippen LogP contribution in [0.3, 0.4) is 0 Å². The number of nitrogens with zero attached hydrogens (tertiary/aromatic N) is 1. The van der Waals surface area contributed by atoms with Gasteiger partial charge in [-0.3, -0.25) is 0 Å². The molecule has 5 heteroatoms. The van der Waals surface area contributed by atoms with Gasteiger partial charge in [0, 0.05) is 19.1 Å². The molecule has 0 spiro atoms. The number of rotatable bonds is 2. The fourth-order valence-electron chi connectivity index (χ4n) is 1.87. The lowest BCUT2D eigenvalue weighted by Crippen LogP contribution is -2.35. The molecule has 14 heavy (non-hydrogen) atoms. The molecule has 1 saturated heterocycles. The molecule has 1 aliphatic heterocycles. The standard InChI is InChI=1S/C9H18N2O2S/c1-9(2)6-11(5-8(9)10)14(12,13)7-3-4-7/h7-8H,3-6,10H2,1-2H3. The number of hydrogen-bond acceptors (Lipinski definition) is 3. The molecule has 1 heterocycles. The van der Waals surface area contributed by atoms with E-state index in [2.05, 4.69) is 0 Å². The number of sulfonamides is 1. The van der Waals surface area contributed by atoms with Crippen molar-refractivity contribution in [2.24, 2.45) is 11.1 Å². The number of hydrogen-bond donors (Lipinski definition) is 1. The van der Waals surface area contributed by atoms with Gasteiger partial charge in [-0.15, -0.1) is 0 Å². The average Bonchev–Trinajstić information content (AvgIpc) is 2.81. The molecule has 1 saturated carbocycles. The minimum atomic E-state index is -3.02. The van der Waals surface area contributed by atoms with Crippen molar-refractivity contribution in [3.8, 4) is 0 Å². The molecule has 0 radical (unpaired) electrons. The van der Waals surface area contributed by atoms with Crippen molar-refractivity contribution < 1.29 is 8.42 Å². The van der Waals surface area contributed by atoms with E-state index < -0.39 is 10.0 Å². The topological polar surface area (TPSA) is 63.4 Å². The van der Waals surface area contributed by atoms with E-state index in [-0.39, 0.29) is 16.7 Å². The van der Waals surface area contributed by atoms with Crippen LogP contribution in [0.5, 0.6) is 0 Å².